The Labute approximate surface area is 97.1 Å². The Morgan fingerprint density at radius 2 is 1.82 bits per heavy atom. The van der Waals surface area contributed by atoms with Gasteiger partial charge in [0.1, 0.15) is 11.6 Å². The second kappa shape index (κ2) is 4.41. The lowest BCUT2D eigenvalue weighted by Crippen LogP contribution is -1.90. The lowest BCUT2D eigenvalue weighted by molar-refractivity contribution is 0.415. The molecule has 2 rings (SSSR count). The molecule has 0 aliphatic heterocycles. The molecule has 0 aliphatic carbocycles. The van der Waals surface area contributed by atoms with E-state index >= 15 is 0 Å². The van der Waals surface area contributed by atoms with Crippen LogP contribution in [0.1, 0.15) is 0 Å². The molecule has 2 aromatic rings. The SMILES string of the molecule is COc1ccc(F)cc1-c1ccc(O)c(F)c1. The summed E-state index contributed by atoms with van der Waals surface area (Å²) in [5.74, 6) is -1.19. The van der Waals surface area contributed by atoms with E-state index in [4.69, 9.17) is 9.84 Å². The first-order valence-electron chi connectivity index (χ1n) is 4.94. The van der Waals surface area contributed by atoms with Crippen molar-refractivity contribution in [3.8, 4) is 22.6 Å². The quantitative estimate of drug-likeness (QED) is 0.866. The van der Waals surface area contributed by atoms with Crippen molar-refractivity contribution in [3.05, 3.63) is 48.0 Å². The topological polar surface area (TPSA) is 29.5 Å². The Balaban J connectivity index is 2.58. The van der Waals surface area contributed by atoms with Crippen LogP contribution in [0.4, 0.5) is 8.78 Å². The highest BCUT2D eigenvalue weighted by atomic mass is 19.1. The average Bonchev–Trinajstić information content (AvgIpc) is 2.32. The standard InChI is InChI=1S/C13H10F2O2/c1-17-13-5-3-9(14)7-10(13)8-2-4-12(16)11(15)6-8/h2-7,16H,1H3. The van der Waals surface area contributed by atoms with Crippen molar-refractivity contribution in [2.24, 2.45) is 0 Å². The van der Waals surface area contributed by atoms with Crippen molar-refractivity contribution in [1.82, 2.24) is 0 Å². The molecule has 0 aliphatic rings. The predicted octanol–water partition coefficient (Wildman–Crippen LogP) is 3.35. The van der Waals surface area contributed by atoms with Crippen LogP contribution in [-0.4, -0.2) is 12.2 Å². The third-order valence-corrected chi connectivity index (χ3v) is 2.42. The van der Waals surface area contributed by atoms with Crippen LogP contribution in [-0.2, 0) is 0 Å². The van der Waals surface area contributed by atoms with Gasteiger partial charge in [0.25, 0.3) is 0 Å². The third kappa shape index (κ3) is 2.20. The molecule has 0 amide bonds. The van der Waals surface area contributed by atoms with Crippen LogP contribution in [0, 0.1) is 11.6 Å². The van der Waals surface area contributed by atoms with Gasteiger partial charge in [-0.05, 0) is 35.9 Å². The fourth-order valence-electron chi connectivity index (χ4n) is 1.58. The smallest absolute Gasteiger partial charge is 0.165 e. The van der Waals surface area contributed by atoms with Gasteiger partial charge in [-0.1, -0.05) is 6.07 Å². The van der Waals surface area contributed by atoms with Crippen LogP contribution in [0.2, 0.25) is 0 Å². The molecule has 0 radical (unpaired) electrons. The number of halogens is 2. The second-order valence-corrected chi connectivity index (χ2v) is 3.51. The van der Waals surface area contributed by atoms with Crippen molar-refractivity contribution in [1.29, 1.82) is 0 Å². The van der Waals surface area contributed by atoms with Crippen LogP contribution in [0.5, 0.6) is 11.5 Å². The van der Waals surface area contributed by atoms with E-state index in [1.807, 2.05) is 0 Å². The molecule has 1 N–H and O–H groups in total. The van der Waals surface area contributed by atoms with E-state index < -0.39 is 17.4 Å². The zero-order valence-corrected chi connectivity index (χ0v) is 9.08. The van der Waals surface area contributed by atoms with Gasteiger partial charge in [0.2, 0.25) is 0 Å². The number of phenols is 1. The first-order valence-corrected chi connectivity index (χ1v) is 4.94. The molecule has 0 unspecified atom stereocenters. The summed E-state index contributed by atoms with van der Waals surface area (Å²) in [6.07, 6.45) is 0. The zero-order chi connectivity index (χ0) is 12.4. The van der Waals surface area contributed by atoms with E-state index in [1.54, 1.807) is 0 Å². The van der Waals surface area contributed by atoms with Gasteiger partial charge in [0, 0.05) is 5.56 Å². The number of methoxy groups -OCH3 is 1. The number of hydrogen-bond donors (Lipinski definition) is 1. The molecule has 0 atom stereocenters. The molecule has 4 heteroatoms. The number of rotatable bonds is 2. The maximum atomic E-state index is 13.2. The number of benzene rings is 2. The molecule has 17 heavy (non-hydrogen) atoms. The molecule has 0 spiro atoms. The Morgan fingerprint density at radius 1 is 1.06 bits per heavy atom. The number of ether oxygens (including phenoxy) is 1. The van der Waals surface area contributed by atoms with Crippen molar-refractivity contribution in [2.45, 2.75) is 0 Å². The van der Waals surface area contributed by atoms with Crippen LogP contribution in [0.15, 0.2) is 36.4 Å². The highest BCUT2D eigenvalue weighted by Crippen LogP contribution is 2.32. The summed E-state index contributed by atoms with van der Waals surface area (Å²) in [5.41, 5.74) is 0.878. The molecule has 88 valence electrons. The number of aromatic hydroxyl groups is 1. The summed E-state index contributed by atoms with van der Waals surface area (Å²) >= 11 is 0. The Kier molecular flexibility index (Phi) is 2.95. The van der Waals surface area contributed by atoms with Crippen molar-refractivity contribution in [2.75, 3.05) is 7.11 Å². The minimum absolute atomic E-state index is 0.436. The lowest BCUT2D eigenvalue weighted by Gasteiger charge is -2.09. The monoisotopic (exact) mass is 236 g/mol. The van der Waals surface area contributed by atoms with Gasteiger partial charge in [0.05, 0.1) is 7.11 Å². The summed E-state index contributed by atoms with van der Waals surface area (Å²) in [4.78, 5) is 0. The van der Waals surface area contributed by atoms with Gasteiger partial charge < -0.3 is 9.84 Å². The molecule has 0 fully saturated rings. The normalized spacial score (nSPS) is 10.3. The summed E-state index contributed by atoms with van der Waals surface area (Å²) in [6, 6.07) is 7.83. The zero-order valence-electron chi connectivity index (χ0n) is 9.08. The van der Waals surface area contributed by atoms with Gasteiger partial charge in [-0.25, -0.2) is 8.78 Å². The van der Waals surface area contributed by atoms with Crippen LogP contribution < -0.4 is 4.74 Å². The molecular weight excluding hydrogens is 226 g/mol. The second-order valence-electron chi connectivity index (χ2n) is 3.51. The van der Waals surface area contributed by atoms with Crippen molar-refractivity contribution >= 4 is 0 Å². The maximum absolute atomic E-state index is 13.2. The fourth-order valence-corrected chi connectivity index (χ4v) is 1.58. The van der Waals surface area contributed by atoms with E-state index in [0.717, 1.165) is 6.07 Å². The Morgan fingerprint density at radius 3 is 2.47 bits per heavy atom. The molecule has 2 nitrogen and oxygen atoms in total. The first kappa shape index (κ1) is 11.4. The largest absolute Gasteiger partial charge is 0.505 e. The van der Waals surface area contributed by atoms with Crippen molar-refractivity contribution in [3.63, 3.8) is 0 Å². The van der Waals surface area contributed by atoms with Crippen LogP contribution >= 0.6 is 0 Å². The minimum atomic E-state index is -0.756. The van der Waals surface area contributed by atoms with Gasteiger partial charge in [-0.3, -0.25) is 0 Å². The predicted molar refractivity (Wildman–Crippen MR) is 60.0 cm³/mol. The number of phenolic OH excluding ortho intramolecular Hbond substituents is 1. The van der Waals surface area contributed by atoms with E-state index in [-0.39, 0.29) is 0 Å². The van der Waals surface area contributed by atoms with E-state index in [2.05, 4.69) is 0 Å². The summed E-state index contributed by atoms with van der Waals surface area (Å²) in [6.45, 7) is 0. The fraction of sp³-hybridized carbons (Fsp3) is 0.0769. The van der Waals surface area contributed by atoms with Crippen LogP contribution in [0.25, 0.3) is 11.1 Å². The molecule has 0 saturated heterocycles. The summed E-state index contributed by atoms with van der Waals surface area (Å²) in [7, 11) is 1.45. The van der Waals surface area contributed by atoms with Crippen molar-refractivity contribution < 1.29 is 18.6 Å². The van der Waals surface area contributed by atoms with E-state index in [0.29, 0.717) is 16.9 Å². The molecule has 0 heterocycles. The van der Waals surface area contributed by atoms with Gasteiger partial charge in [-0.2, -0.15) is 0 Å². The van der Waals surface area contributed by atoms with Gasteiger partial charge >= 0.3 is 0 Å². The van der Waals surface area contributed by atoms with Gasteiger partial charge in [0.15, 0.2) is 11.6 Å². The molecule has 0 bridgehead atoms. The maximum Gasteiger partial charge on any atom is 0.165 e. The Hall–Kier alpha value is -2.10. The highest BCUT2D eigenvalue weighted by molar-refractivity contribution is 5.71. The van der Waals surface area contributed by atoms with Gasteiger partial charge in [-0.15, -0.1) is 0 Å². The molecule has 0 saturated carbocycles. The van der Waals surface area contributed by atoms with Crippen LogP contribution in [0.3, 0.4) is 0 Å². The minimum Gasteiger partial charge on any atom is -0.505 e. The molecule has 0 aromatic heterocycles. The molecular formula is C13H10F2O2. The summed E-state index contributed by atoms with van der Waals surface area (Å²) in [5, 5.41) is 9.09. The van der Waals surface area contributed by atoms with E-state index in [9.17, 15) is 8.78 Å². The third-order valence-electron chi connectivity index (χ3n) is 2.42. The van der Waals surface area contributed by atoms with E-state index in [1.165, 1.54) is 37.4 Å². The molecule has 2 aromatic carbocycles. The number of hydrogen-bond acceptors (Lipinski definition) is 2. The average molecular weight is 236 g/mol. The highest BCUT2D eigenvalue weighted by Gasteiger charge is 2.09. The summed E-state index contributed by atoms with van der Waals surface area (Å²) < 4.78 is 31.4. The lowest BCUT2D eigenvalue weighted by atomic mass is 10.0. The first-order chi connectivity index (χ1) is 8.11. The Bertz CT molecular complexity index is 553.